The fourth-order valence-electron chi connectivity index (χ4n) is 1.08. The van der Waals surface area contributed by atoms with Crippen LogP contribution in [0.15, 0.2) is 39.0 Å². The lowest BCUT2D eigenvalue weighted by molar-refractivity contribution is 1.24. The first-order valence-electron chi connectivity index (χ1n) is 4.32. The van der Waals surface area contributed by atoms with Crippen LogP contribution in [0.3, 0.4) is 0 Å². The molecule has 0 atom stereocenters. The molecule has 0 radical (unpaired) electrons. The monoisotopic (exact) mass is 300 g/mol. The van der Waals surface area contributed by atoms with Crippen LogP contribution in [-0.2, 0) is 5.75 Å². The molecule has 0 aliphatic carbocycles. The fraction of sp³-hybridized carbons (Fsp3) is 0.100. The molecule has 1 aromatic heterocycles. The summed E-state index contributed by atoms with van der Waals surface area (Å²) in [6.07, 6.45) is 0. The number of nitrogens with zero attached hydrogens (tertiary/aromatic N) is 1. The molecule has 0 saturated carbocycles. The summed E-state index contributed by atoms with van der Waals surface area (Å²) >= 11 is 6.66. The number of thioether (sulfide) groups is 1. The number of hydrogen-bond donors (Lipinski definition) is 1. The van der Waals surface area contributed by atoms with Gasteiger partial charge in [0.05, 0.1) is 5.69 Å². The van der Waals surface area contributed by atoms with Crippen molar-refractivity contribution >= 4 is 44.2 Å². The number of nitrogen functional groups attached to an aromatic ring is 1. The number of aromatic nitrogens is 1. The summed E-state index contributed by atoms with van der Waals surface area (Å²) in [5, 5.41) is 2.64. The molecule has 5 heteroatoms. The van der Waals surface area contributed by atoms with Gasteiger partial charge in [-0.05, 0) is 24.3 Å². The average molecular weight is 301 g/mol. The van der Waals surface area contributed by atoms with Crippen molar-refractivity contribution in [3.8, 4) is 0 Å². The van der Waals surface area contributed by atoms with Crippen LogP contribution < -0.4 is 5.73 Å². The first kappa shape index (κ1) is 11.0. The van der Waals surface area contributed by atoms with Crippen molar-refractivity contribution in [2.45, 2.75) is 10.6 Å². The van der Waals surface area contributed by atoms with Crippen molar-refractivity contribution in [3.05, 3.63) is 39.8 Å². The maximum Gasteiger partial charge on any atom is 0.180 e. The predicted octanol–water partition coefficient (Wildman–Crippen LogP) is 3.78. The molecule has 0 bridgehead atoms. The molecule has 2 rings (SSSR count). The third kappa shape index (κ3) is 3.22. The maximum absolute atomic E-state index is 5.56. The van der Waals surface area contributed by atoms with Gasteiger partial charge in [-0.3, -0.25) is 0 Å². The minimum absolute atomic E-state index is 0.640. The van der Waals surface area contributed by atoms with Gasteiger partial charge in [0.2, 0.25) is 0 Å². The second kappa shape index (κ2) is 5.01. The fourth-order valence-corrected chi connectivity index (χ4v) is 2.80. The molecule has 2 nitrogen and oxygen atoms in total. The summed E-state index contributed by atoms with van der Waals surface area (Å²) in [5.41, 5.74) is 6.61. The van der Waals surface area contributed by atoms with Gasteiger partial charge in [-0.2, -0.15) is 0 Å². The van der Waals surface area contributed by atoms with E-state index in [0.717, 1.165) is 15.9 Å². The highest BCUT2D eigenvalue weighted by molar-refractivity contribution is 9.10. The van der Waals surface area contributed by atoms with E-state index in [4.69, 9.17) is 5.73 Å². The lowest BCUT2D eigenvalue weighted by Crippen LogP contribution is -1.84. The Morgan fingerprint density at radius 1 is 1.33 bits per heavy atom. The maximum atomic E-state index is 5.56. The molecule has 0 amide bonds. The van der Waals surface area contributed by atoms with Crippen molar-refractivity contribution in [2.24, 2.45) is 0 Å². The van der Waals surface area contributed by atoms with Gasteiger partial charge >= 0.3 is 0 Å². The highest BCUT2D eigenvalue weighted by Crippen LogP contribution is 2.25. The number of rotatable bonds is 3. The molecule has 0 aliphatic rings. The normalized spacial score (nSPS) is 10.5. The van der Waals surface area contributed by atoms with E-state index in [1.165, 1.54) is 16.2 Å². The van der Waals surface area contributed by atoms with Gasteiger partial charge in [-0.15, -0.1) is 23.1 Å². The van der Waals surface area contributed by atoms with E-state index >= 15 is 0 Å². The molecule has 1 aromatic carbocycles. The SMILES string of the molecule is Nc1nc(CSc2ccc(Br)cc2)cs1. The summed E-state index contributed by atoms with van der Waals surface area (Å²) in [6.45, 7) is 0. The Hall–Kier alpha value is -0.520. The quantitative estimate of drug-likeness (QED) is 0.877. The van der Waals surface area contributed by atoms with E-state index < -0.39 is 0 Å². The molecule has 0 aliphatic heterocycles. The van der Waals surface area contributed by atoms with Gasteiger partial charge in [0.15, 0.2) is 5.13 Å². The first-order chi connectivity index (χ1) is 7.24. The summed E-state index contributed by atoms with van der Waals surface area (Å²) < 4.78 is 1.10. The number of anilines is 1. The molecule has 2 N–H and O–H groups in total. The van der Waals surface area contributed by atoms with Gasteiger partial charge in [-0.25, -0.2) is 4.98 Å². The van der Waals surface area contributed by atoms with Crippen LogP contribution in [0.4, 0.5) is 5.13 Å². The van der Waals surface area contributed by atoms with Crippen LogP contribution in [0, 0.1) is 0 Å². The zero-order chi connectivity index (χ0) is 10.7. The van der Waals surface area contributed by atoms with Crippen molar-refractivity contribution in [1.82, 2.24) is 4.98 Å². The molecule has 2 aromatic rings. The topological polar surface area (TPSA) is 38.9 Å². The van der Waals surface area contributed by atoms with E-state index in [0.29, 0.717) is 5.13 Å². The summed E-state index contributed by atoms with van der Waals surface area (Å²) in [7, 11) is 0. The molecule has 15 heavy (non-hydrogen) atoms. The zero-order valence-corrected chi connectivity index (χ0v) is 11.0. The minimum atomic E-state index is 0.640. The standard InChI is InChI=1S/C10H9BrN2S2/c11-7-1-3-9(4-2-7)14-5-8-6-15-10(12)13-8/h1-4,6H,5H2,(H2,12,13). The van der Waals surface area contributed by atoms with E-state index in [2.05, 4.69) is 33.0 Å². The number of thiazole rings is 1. The minimum Gasteiger partial charge on any atom is -0.375 e. The van der Waals surface area contributed by atoms with Crippen LogP contribution in [0.2, 0.25) is 0 Å². The van der Waals surface area contributed by atoms with Crippen molar-refractivity contribution in [1.29, 1.82) is 0 Å². The van der Waals surface area contributed by atoms with Crippen LogP contribution in [0.1, 0.15) is 5.69 Å². The third-order valence-corrected chi connectivity index (χ3v) is 4.07. The Morgan fingerprint density at radius 3 is 2.67 bits per heavy atom. The van der Waals surface area contributed by atoms with Gasteiger partial charge < -0.3 is 5.73 Å². The van der Waals surface area contributed by atoms with Crippen LogP contribution >= 0.6 is 39.0 Å². The van der Waals surface area contributed by atoms with E-state index in [1.54, 1.807) is 11.8 Å². The predicted molar refractivity (Wildman–Crippen MR) is 70.2 cm³/mol. The van der Waals surface area contributed by atoms with E-state index in [9.17, 15) is 0 Å². The Kier molecular flexibility index (Phi) is 3.66. The number of benzene rings is 1. The van der Waals surface area contributed by atoms with Crippen LogP contribution in [0.25, 0.3) is 0 Å². The molecule has 78 valence electrons. The first-order valence-corrected chi connectivity index (χ1v) is 6.98. The van der Waals surface area contributed by atoms with Gasteiger partial charge in [-0.1, -0.05) is 15.9 Å². The van der Waals surface area contributed by atoms with E-state index in [1.807, 2.05) is 17.5 Å². The third-order valence-electron chi connectivity index (χ3n) is 1.77. The summed E-state index contributed by atoms with van der Waals surface area (Å²) in [4.78, 5) is 5.45. The molecular weight excluding hydrogens is 292 g/mol. The molecule has 0 unspecified atom stereocenters. The molecule has 0 saturated heterocycles. The van der Waals surface area contributed by atoms with Gasteiger partial charge in [0.1, 0.15) is 0 Å². The summed E-state index contributed by atoms with van der Waals surface area (Å²) in [5.74, 6) is 0.870. The smallest absolute Gasteiger partial charge is 0.180 e. The number of hydrogen-bond acceptors (Lipinski definition) is 4. The van der Waals surface area contributed by atoms with Gasteiger partial charge in [0, 0.05) is 20.5 Å². The highest BCUT2D eigenvalue weighted by atomic mass is 79.9. The van der Waals surface area contributed by atoms with Crippen LogP contribution in [-0.4, -0.2) is 4.98 Å². The number of halogens is 1. The second-order valence-electron chi connectivity index (χ2n) is 2.92. The Bertz CT molecular complexity index is 439. The Labute approximate surface area is 105 Å². The van der Waals surface area contributed by atoms with Crippen LogP contribution in [0.5, 0.6) is 0 Å². The van der Waals surface area contributed by atoms with Crippen molar-refractivity contribution < 1.29 is 0 Å². The van der Waals surface area contributed by atoms with E-state index in [-0.39, 0.29) is 0 Å². The van der Waals surface area contributed by atoms with Gasteiger partial charge in [0.25, 0.3) is 0 Å². The lowest BCUT2D eigenvalue weighted by Gasteiger charge is -1.98. The molecule has 1 heterocycles. The zero-order valence-electron chi connectivity index (χ0n) is 7.81. The lowest BCUT2D eigenvalue weighted by atomic mass is 10.4. The molecular formula is C10H9BrN2S2. The Balaban J connectivity index is 1.96. The summed E-state index contributed by atoms with van der Waals surface area (Å²) in [6, 6.07) is 8.25. The molecule has 0 fully saturated rings. The highest BCUT2D eigenvalue weighted by Gasteiger charge is 2.00. The van der Waals surface area contributed by atoms with Crippen molar-refractivity contribution in [2.75, 3.05) is 5.73 Å². The average Bonchev–Trinajstić information content (AvgIpc) is 2.64. The second-order valence-corrected chi connectivity index (χ2v) is 5.77. The molecule has 0 spiro atoms. The Morgan fingerprint density at radius 2 is 2.07 bits per heavy atom. The largest absolute Gasteiger partial charge is 0.375 e. The van der Waals surface area contributed by atoms with Crippen molar-refractivity contribution in [3.63, 3.8) is 0 Å². The number of nitrogens with two attached hydrogens (primary N) is 1.